The van der Waals surface area contributed by atoms with Gasteiger partial charge in [-0.2, -0.15) is 0 Å². The Balaban J connectivity index is 0.000000430. The highest BCUT2D eigenvalue weighted by atomic mass is 16.1. The largest absolute Gasteiger partial charge is 0.300 e. The Bertz CT molecular complexity index is 944. The standard InChI is InChI=1S/C23H32O3.C8H10/c1-5-8-18(20(6-2)21(25)11-16(4)24)12-17-13-19-10-7-9-15(3)23(19)22(26)14-17;1-2-8-6-4-3-5-7-8/h7,9-10,17-18,20H,5-6,8,11-14H2,1-4H3;3-7H,2H2,1H3. The Morgan fingerprint density at radius 3 is 2.24 bits per heavy atom. The summed E-state index contributed by atoms with van der Waals surface area (Å²) in [5, 5.41) is 0. The van der Waals surface area contributed by atoms with Gasteiger partial charge < -0.3 is 0 Å². The van der Waals surface area contributed by atoms with Gasteiger partial charge in [0.05, 0.1) is 6.42 Å². The molecule has 0 saturated heterocycles. The van der Waals surface area contributed by atoms with Crippen LogP contribution < -0.4 is 0 Å². The highest BCUT2D eigenvalue weighted by Gasteiger charge is 2.32. The Labute approximate surface area is 206 Å². The minimum atomic E-state index is -0.0622. The van der Waals surface area contributed by atoms with E-state index in [1.54, 1.807) is 0 Å². The van der Waals surface area contributed by atoms with Crippen LogP contribution in [0, 0.1) is 24.7 Å². The molecule has 34 heavy (non-hydrogen) atoms. The van der Waals surface area contributed by atoms with Gasteiger partial charge in [0.25, 0.3) is 0 Å². The second-order valence-electron chi connectivity index (χ2n) is 9.79. The van der Waals surface area contributed by atoms with E-state index in [-0.39, 0.29) is 35.6 Å². The summed E-state index contributed by atoms with van der Waals surface area (Å²) < 4.78 is 0. The van der Waals surface area contributed by atoms with E-state index in [1.807, 2.05) is 32.0 Å². The van der Waals surface area contributed by atoms with Crippen LogP contribution in [0.25, 0.3) is 0 Å². The van der Waals surface area contributed by atoms with Gasteiger partial charge in [0, 0.05) is 17.9 Å². The SMILES string of the molecule is CCCC(CC1CC(=O)c2c(C)cccc2C1)C(CC)C(=O)CC(C)=O.CCc1ccccc1. The molecule has 184 valence electrons. The lowest BCUT2D eigenvalue weighted by atomic mass is 9.72. The molecule has 0 bridgehead atoms. The van der Waals surface area contributed by atoms with Crippen LogP contribution in [-0.2, 0) is 22.4 Å². The third-order valence-electron chi connectivity index (χ3n) is 7.01. The van der Waals surface area contributed by atoms with E-state index < -0.39 is 0 Å². The molecule has 2 aromatic rings. The van der Waals surface area contributed by atoms with Crippen LogP contribution in [0.4, 0.5) is 0 Å². The molecule has 2 aromatic carbocycles. The molecule has 3 heteroatoms. The van der Waals surface area contributed by atoms with Gasteiger partial charge in [0.2, 0.25) is 0 Å². The highest BCUT2D eigenvalue weighted by molar-refractivity contribution is 6.00. The molecule has 0 amide bonds. The van der Waals surface area contributed by atoms with Crippen molar-refractivity contribution in [1.82, 2.24) is 0 Å². The molecule has 3 atom stereocenters. The smallest absolute Gasteiger partial charge is 0.163 e. The summed E-state index contributed by atoms with van der Waals surface area (Å²) in [5.41, 5.74) is 4.55. The first-order valence-electron chi connectivity index (χ1n) is 13.0. The lowest BCUT2D eigenvalue weighted by Gasteiger charge is -2.31. The summed E-state index contributed by atoms with van der Waals surface area (Å²) in [5.74, 6) is 0.770. The van der Waals surface area contributed by atoms with Crippen LogP contribution in [0.1, 0.15) is 93.3 Å². The zero-order valence-corrected chi connectivity index (χ0v) is 21.7. The van der Waals surface area contributed by atoms with Crippen molar-refractivity contribution in [2.45, 2.75) is 86.0 Å². The van der Waals surface area contributed by atoms with Gasteiger partial charge in [-0.25, -0.2) is 0 Å². The van der Waals surface area contributed by atoms with Gasteiger partial charge in [-0.1, -0.05) is 82.1 Å². The third kappa shape index (κ3) is 8.04. The second-order valence-corrected chi connectivity index (χ2v) is 9.79. The fourth-order valence-electron chi connectivity index (χ4n) is 5.41. The molecule has 3 rings (SSSR count). The number of hydrogen-bond donors (Lipinski definition) is 0. The maximum atomic E-state index is 12.7. The fourth-order valence-corrected chi connectivity index (χ4v) is 5.41. The summed E-state index contributed by atoms with van der Waals surface area (Å²) in [6, 6.07) is 16.6. The Morgan fingerprint density at radius 1 is 0.971 bits per heavy atom. The van der Waals surface area contributed by atoms with Crippen LogP contribution in [0.5, 0.6) is 0 Å². The number of aryl methyl sites for hydroxylation is 2. The van der Waals surface area contributed by atoms with E-state index in [0.717, 1.165) is 55.2 Å². The van der Waals surface area contributed by atoms with E-state index in [2.05, 4.69) is 44.2 Å². The summed E-state index contributed by atoms with van der Waals surface area (Å²) in [6.45, 7) is 9.83. The van der Waals surface area contributed by atoms with Crippen LogP contribution in [0.3, 0.4) is 0 Å². The molecule has 0 N–H and O–H groups in total. The maximum absolute atomic E-state index is 12.7. The number of rotatable bonds is 10. The fraction of sp³-hybridized carbons (Fsp3) is 0.516. The van der Waals surface area contributed by atoms with Crippen molar-refractivity contribution in [3.8, 4) is 0 Å². The predicted octanol–water partition coefficient (Wildman–Crippen LogP) is 7.37. The number of ketones is 3. The molecule has 3 unspecified atom stereocenters. The zero-order chi connectivity index (χ0) is 25.1. The minimum Gasteiger partial charge on any atom is -0.300 e. The molecule has 0 heterocycles. The van der Waals surface area contributed by atoms with Crippen molar-refractivity contribution in [2.24, 2.45) is 17.8 Å². The molecule has 0 spiro atoms. The molecule has 0 saturated carbocycles. The van der Waals surface area contributed by atoms with Gasteiger partial charge in [-0.05, 0) is 68.1 Å². The average Bonchev–Trinajstić information content (AvgIpc) is 2.80. The lowest BCUT2D eigenvalue weighted by Crippen LogP contribution is -2.29. The van der Waals surface area contributed by atoms with Gasteiger partial charge in [-0.15, -0.1) is 0 Å². The Kier molecular flexibility index (Phi) is 11.4. The maximum Gasteiger partial charge on any atom is 0.163 e. The third-order valence-corrected chi connectivity index (χ3v) is 7.01. The number of benzene rings is 2. The predicted molar refractivity (Wildman–Crippen MR) is 140 cm³/mol. The average molecular weight is 463 g/mol. The number of carbonyl (C=O) groups excluding carboxylic acids is 3. The van der Waals surface area contributed by atoms with Gasteiger partial charge in [0.15, 0.2) is 5.78 Å². The van der Waals surface area contributed by atoms with E-state index in [9.17, 15) is 14.4 Å². The van der Waals surface area contributed by atoms with E-state index in [4.69, 9.17) is 0 Å². The Morgan fingerprint density at radius 2 is 1.68 bits per heavy atom. The molecule has 0 radical (unpaired) electrons. The monoisotopic (exact) mass is 462 g/mol. The molecule has 1 aliphatic carbocycles. The van der Waals surface area contributed by atoms with Crippen LogP contribution >= 0.6 is 0 Å². The summed E-state index contributed by atoms with van der Waals surface area (Å²) in [7, 11) is 0. The zero-order valence-electron chi connectivity index (χ0n) is 21.7. The van der Waals surface area contributed by atoms with Crippen LogP contribution in [0.15, 0.2) is 48.5 Å². The minimum absolute atomic E-state index is 0.0460. The molecule has 0 fully saturated rings. The van der Waals surface area contributed by atoms with Gasteiger partial charge >= 0.3 is 0 Å². The number of Topliss-reactive ketones (excluding diaryl/α,β-unsaturated/α-hetero) is 3. The molecular formula is C31H42O3. The number of carbonyl (C=O) groups is 3. The Hall–Kier alpha value is -2.55. The van der Waals surface area contributed by atoms with Crippen LogP contribution in [0.2, 0.25) is 0 Å². The molecule has 0 aliphatic heterocycles. The number of fused-ring (bicyclic) bond motifs is 1. The first-order chi connectivity index (χ1) is 16.3. The van der Waals surface area contributed by atoms with Gasteiger partial charge in [0.1, 0.15) is 11.6 Å². The molecule has 3 nitrogen and oxygen atoms in total. The van der Waals surface area contributed by atoms with Crippen molar-refractivity contribution in [1.29, 1.82) is 0 Å². The number of hydrogen-bond acceptors (Lipinski definition) is 3. The first-order valence-corrected chi connectivity index (χ1v) is 13.0. The topological polar surface area (TPSA) is 51.2 Å². The normalized spacial score (nSPS) is 16.6. The van der Waals surface area contributed by atoms with Crippen molar-refractivity contribution in [3.05, 3.63) is 70.8 Å². The van der Waals surface area contributed by atoms with E-state index >= 15 is 0 Å². The van der Waals surface area contributed by atoms with Crippen molar-refractivity contribution in [2.75, 3.05) is 0 Å². The highest BCUT2D eigenvalue weighted by Crippen LogP contribution is 2.36. The first kappa shape index (κ1) is 27.7. The summed E-state index contributed by atoms with van der Waals surface area (Å²) >= 11 is 0. The summed E-state index contributed by atoms with van der Waals surface area (Å²) in [6.07, 6.45) is 6.35. The molecule has 1 aliphatic rings. The molecule has 0 aromatic heterocycles. The lowest BCUT2D eigenvalue weighted by molar-refractivity contribution is -0.129. The van der Waals surface area contributed by atoms with E-state index in [0.29, 0.717) is 12.3 Å². The second kappa shape index (κ2) is 14.0. The van der Waals surface area contributed by atoms with Crippen molar-refractivity contribution >= 4 is 17.3 Å². The molecular weight excluding hydrogens is 420 g/mol. The quantitative estimate of drug-likeness (QED) is 0.346. The van der Waals surface area contributed by atoms with Crippen molar-refractivity contribution < 1.29 is 14.4 Å². The van der Waals surface area contributed by atoms with E-state index in [1.165, 1.54) is 12.5 Å². The van der Waals surface area contributed by atoms with Gasteiger partial charge in [-0.3, -0.25) is 14.4 Å². The summed E-state index contributed by atoms with van der Waals surface area (Å²) in [4.78, 5) is 36.6. The van der Waals surface area contributed by atoms with Crippen molar-refractivity contribution in [3.63, 3.8) is 0 Å². The van der Waals surface area contributed by atoms with Crippen LogP contribution in [-0.4, -0.2) is 17.3 Å².